The number of rotatable bonds is 8. The first-order valence-electron chi connectivity index (χ1n) is 9.81. The van der Waals surface area contributed by atoms with Gasteiger partial charge in [-0.1, -0.05) is 41.9 Å². The van der Waals surface area contributed by atoms with Crippen molar-refractivity contribution in [3.63, 3.8) is 0 Å². The minimum absolute atomic E-state index is 0.223. The molecule has 29 heavy (non-hydrogen) atoms. The highest BCUT2D eigenvalue weighted by Gasteiger charge is 2.30. The Morgan fingerprint density at radius 2 is 2.07 bits per heavy atom. The van der Waals surface area contributed by atoms with Gasteiger partial charge in [-0.15, -0.1) is 0 Å². The molecule has 1 heterocycles. The summed E-state index contributed by atoms with van der Waals surface area (Å²) < 4.78 is 5.34. The van der Waals surface area contributed by atoms with Gasteiger partial charge in [-0.2, -0.15) is 0 Å². The van der Waals surface area contributed by atoms with Crippen molar-refractivity contribution in [3.05, 3.63) is 58.6 Å². The normalized spacial score (nSPS) is 19.2. The molecule has 0 aliphatic carbocycles. The number of carbonyl (C=O) groups excluding carboxylic acids is 1. The molecule has 1 aliphatic heterocycles. The van der Waals surface area contributed by atoms with Gasteiger partial charge in [0.25, 0.3) is 5.91 Å². The van der Waals surface area contributed by atoms with Crippen molar-refractivity contribution >= 4 is 23.2 Å². The summed E-state index contributed by atoms with van der Waals surface area (Å²) in [7, 11) is 3.29. The van der Waals surface area contributed by atoms with Crippen molar-refractivity contribution in [2.75, 3.05) is 32.6 Å². The number of carbonyl (C=O) groups is 1. The van der Waals surface area contributed by atoms with Gasteiger partial charge in [0, 0.05) is 38.8 Å². The van der Waals surface area contributed by atoms with Crippen LogP contribution in [0, 0.1) is 0 Å². The third-order valence-electron chi connectivity index (χ3n) is 5.30. The van der Waals surface area contributed by atoms with Crippen LogP contribution < -0.4 is 15.4 Å². The molecule has 6 nitrogen and oxygen atoms in total. The minimum Gasteiger partial charge on any atom is -0.496 e. The molecule has 0 spiro atoms. The number of hydrogen-bond donors (Lipinski definition) is 3. The number of aliphatic hydroxyl groups excluding tert-OH is 1. The van der Waals surface area contributed by atoms with Crippen LogP contribution in [0.25, 0.3) is 0 Å². The van der Waals surface area contributed by atoms with E-state index >= 15 is 0 Å². The Morgan fingerprint density at radius 1 is 1.31 bits per heavy atom. The topological polar surface area (TPSA) is 73.8 Å². The van der Waals surface area contributed by atoms with Gasteiger partial charge < -0.3 is 20.5 Å². The van der Waals surface area contributed by atoms with Crippen molar-refractivity contribution in [2.45, 2.75) is 31.5 Å². The SMILES string of the molecule is CNc1cc(OC)c(C(=O)NCC[C@@H]2C[C@@H](O)CN2Cc2ccccc2)cc1Cl. The molecule has 1 aliphatic rings. The second kappa shape index (κ2) is 9.96. The second-order valence-corrected chi connectivity index (χ2v) is 7.69. The Kier molecular flexibility index (Phi) is 7.36. The number of nitrogens with zero attached hydrogens (tertiary/aromatic N) is 1. The third-order valence-corrected chi connectivity index (χ3v) is 5.61. The monoisotopic (exact) mass is 417 g/mol. The molecule has 3 rings (SSSR count). The molecule has 3 N–H and O–H groups in total. The smallest absolute Gasteiger partial charge is 0.255 e. The minimum atomic E-state index is -0.326. The molecular weight excluding hydrogens is 390 g/mol. The van der Waals surface area contributed by atoms with Crippen molar-refractivity contribution in [1.82, 2.24) is 10.2 Å². The van der Waals surface area contributed by atoms with E-state index in [9.17, 15) is 9.90 Å². The number of methoxy groups -OCH3 is 1. The molecule has 1 amide bonds. The van der Waals surface area contributed by atoms with Crippen LogP contribution in [0.5, 0.6) is 5.75 Å². The van der Waals surface area contributed by atoms with Crippen molar-refractivity contribution in [3.8, 4) is 5.75 Å². The summed E-state index contributed by atoms with van der Waals surface area (Å²) in [6.07, 6.45) is 1.15. The van der Waals surface area contributed by atoms with Crippen molar-refractivity contribution in [1.29, 1.82) is 0 Å². The number of nitrogens with one attached hydrogen (secondary N) is 2. The van der Waals surface area contributed by atoms with Gasteiger partial charge in [0.15, 0.2) is 0 Å². The largest absolute Gasteiger partial charge is 0.496 e. The van der Waals surface area contributed by atoms with Crippen LogP contribution in [-0.4, -0.2) is 55.3 Å². The molecule has 2 aromatic carbocycles. The van der Waals surface area contributed by atoms with E-state index < -0.39 is 0 Å². The number of β-amino-alcohol motifs (C(OH)–C–C–N with tert-alkyl or cyclic N) is 1. The number of ether oxygens (including phenoxy) is 1. The lowest BCUT2D eigenvalue weighted by atomic mass is 10.1. The van der Waals surface area contributed by atoms with E-state index in [1.54, 1.807) is 19.2 Å². The van der Waals surface area contributed by atoms with Crippen LogP contribution in [0.1, 0.15) is 28.8 Å². The molecule has 0 unspecified atom stereocenters. The molecule has 0 radical (unpaired) electrons. The lowest BCUT2D eigenvalue weighted by Gasteiger charge is -2.24. The Labute approximate surface area is 176 Å². The molecular formula is C22H28ClN3O3. The lowest BCUT2D eigenvalue weighted by Crippen LogP contribution is -2.34. The maximum atomic E-state index is 12.7. The van der Waals surface area contributed by atoms with E-state index in [0.29, 0.717) is 41.5 Å². The third kappa shape index (κ3) is 5.41. The molecule has 0 aromatic heterocycles. The highest BCUT2D eigenvalue weighted by molar-refractivity contribution is 6.33. The first-order valence-corrected chi connectivity index (χ1v) is 10.2. The highest BCUT2D eigenvalue weighted by Crippen LogP contribution is 2.30. The van der Waals surface area contributed by atoms with Crippen LogP contribution in [0.2, 0.25) is 5.02 Å². The average Bonchev–Trinajstić information content (AvgIpc) is 3.07. The summed E-state index contributed by atoms with van der Waals surface area (Å²) >= 11 is 6.22. The standard InChI is InChI=1S/C22H28ClN3O3/c1-24-20-12-21(29-2)18(11-19(20)23)22(28)25-9-8-16-10-17(27)14-26(16)13-15-6-4-3-5-7-15/h3-7,11-12,16-17,24,27H,8-10,13-14H2,1-2H3,(H,25,28)/t16-,17-/m1/s1. The van der Waals surface area contributed by atoms with E-state index in [-0.39, 0.29) is 18.1 Å². The zero-order valence-electron chi connectivity index (χ0n) is 16.8. The van der Waals surface area contributed by atoms with E-state index in [4.69, 9.17) is 16.3 Å². The summed E-state index contributed by atoms with van der Waals surface area (Å²) in [5.41, 5.74) is 2.33. The first kappa shape index (κ1) is 21.4. The van der Waals surface area contributed by atoms with Crippen LogP contribution in [0.4, 0.5) is 5.69 Å². The average molecular weight is 418 g/mol. The highest BCUT2D eigenvalue weighted by atomic mass is 35.5. The lowest BCUT2D eigenvalue weighted by molar-refractivity contribution is 0.0946. The maximum absolute atomic E-state index is 12.7. The summed E-state index contributed by atoms with van der Waals surface area (Å²) in [4.78, 5) is 14.9. The summed E-state index contributed by atoms with van der Waals surface area (Å²) in [5.74, 6) is 0.248. The van der Waals surface area contributed by atoms with E-state index in [2.05, 4.69) is 27.7 Å². The summed E-state index contributed by atoms with van der Waals surface area (Å²) in [5, 5.41) is 16.5. The molecule has 156 valence electrons. The fourth-order valence-corrected chi connectivity index (χ4v) is 4.07. The Morgan fingerprint density at radius 3 is 2.76 bits per heavy atom. The van der Waals surface area contributed by atoms with Crippen LogP contribution in [0.15, 0.2) is 42.5 Å². The van der Waals surface area contributed by atoms with E-state index in [1.165, 1.54) is 12.7 Å². The predicted octanol–water partition coefficient (Wildman–Crippen LogP) is 3.15. The number of halogens is 1. The zero-order valence-corrected chi connectivity index (χ0v) is 17.6. The number of benzene rings is 2. The summed E-state index contributed by atoms with van der Waals surface area (Å²) in [6.45, 7) is 1.96. The summed E-state index contributed by atoms with van der Waals surface area (Å²) in [6, 6.07) is 13.8. The van der Waals surface area contributed by atoms with Gasteiger partial charge in [0.1, 0.15) is 5.75 Å². The fraction of sp³-hybridized carbons (Fsp3) is 0.409. The molecule has 0 bridgehead atoms. The number of aliphatic hydroxyl groups is 1. The van der Waals surface area contributed by atoms with Crippen molar-refractivity contribution in [2.24, 2.45) is 0 Å². The number of amides is 1. The molecule has 2 aromatic rings. The Balaban J connectivity index is 1.58. The van der Waals surface area contributed by atoms with Gasteiger partial charge in [0.05, 0.1) is 29.5 Å². The van der Waals surface area contributed by atoms with Crippen LogP contribution in [0.3, 0.4) is 0 Å². The van der Waals surface area contributed by atoms with E-state index in [0.717, 1.165) is 13.0 Å². The molecule has 1 saturated heterocycles. The molecule has 0 saturated carbocycles. The number of anilines is 1. The Bertz CT molecular complexity index is 832. The van der Waals surface area contributed by atoms with Crippen LogP contribution in [-0.2, 0) is 6.54 Å². The van der Waals surface area contributed by atoms with Gasteiger partial charge in [-0.25, -0.2) is 0 Å². The maximum Gasteiger partial charge on any atom is 0.255 e. The first-order chi connectivity index (χ1) is 14.0. The quantitative estimate of drug-likeness (QED) is 0.615. The number of likely N-dealkylation sites (tertiary alicyclic amines) is 1. The molecule has 7 heteroatoms. The second-order valence-electron chi connectivity index (χ2n) is 7.29. The Hall–Kier alpha value is -2.28. The predicted molar refractivity (Wildman–Crippen MR) is 116 cm³/mol. The van der Waals surface area contributed by atoms with Gasteiger partial charge in [-0.05, 0) is 24.5 Å². The van der Waals surface area contributed by atoms with Crippen LogP contribution >= 0.6 is 11.6 Å². The molecule has 1 fully saturated rings. The van der Waals surface area contributed by atoms with Gasteiger partial charge >= 0.3 is 0 Å². The molecule has 2 atom stereocenters. The number of hydrogen-bond acceptors (Lipinski definition) is 5. The van der Waals surface area contributed by atoms with Gasteiger partial charge in [0.2, 0.25) is 0 Å². The van der Waals surface area contributed by atoms with Gasteiger partial charge in [-0.3, -0.25) is 9.69 Å². The zero-order chi connectivity index (χ0) is 20.8. The fourth-order valence-electron chi connectivity index (χ4n) is 3.81. The van der Waals surface area contributed by atoms with E-state index in [1.807, 2.05) is 18.2 Å². The van der Waals surface area contributed by atoms with Crippen molar-refractivity contribution < 1.29 is 14.6 Å².